The van der Waals surface area contributed by atoms with E-state index in [0.29, 0.717) is 12.3 Å². The summed E-state index contributed by atoms with van der Waals surface area (Å²) in [7, 11) is 1.52. The molecular formula is C16H25NO3. The highest BCUT2D eigenvalue weighted by atomic mass is 16.5. The zero-order valence-corrected chi connectivity index (χ0v) is 12.5. The van der Waals surface area contributed by atoms with Crippen molar-refractivity contribution >= 4 is 5.91 Å². The lowest BCUT2D eigenvalue weighted by molar-refractivity contribution is -0.122. The summed E-state index contributed by atoms with van der Waals surface area (Å²) in [5, 5.41) is 12.3. The Kier molecular flexibility index (Phi) is 7.26. The Balaban J connectivity index is 2.52. The van der Waals surface area contributed by atoms with Gasteiger partial charge in [0.25, 0.3) is 0 Å². The molecule has 0 saturated carbocycles. The molecule has 0 aliphatic rings. The van der Waals surface area contributed by atoms with Gasteiger partial charge in [0.1, 0.15) is 0 Å². The van der Waals surface area contributed by atoms with Crippen LogP contribution in [0.1, 0.15) is 31.7 Å². The van der Waals surface area contributed by atoms with E-state index >= 15 is 0 Å². The van der Waals surface area contributed by atoms with E-state index < -0.39 is 6.10 Å². The molecule has 2 atom stereocenters. The Morgan fingerprint density at radius 1 is 1.30 bits per heavy atom. The van der Waals surface area contributed by atoms with Crippen LogP contribution in [0.4, 0.5) is 0 Å². The van der Waals surface area contributed by atoms with Crippen molar-refractivity contribution < 1.29 is 14.6 Å². The molecule has 0 bridgehead atoms. The van der Waals surface area contributed by atoms with E-state index in [1.165, 1.54) is 12.7 Å². The van der Waals surface area contributed by atoms with E-state index in [4.69, 9.17) is 4.74 Å². The first-order valence-corrected chi connectivity index (χ1v) is 7.03. The molecule has 112 valence electrons. The fraction of sp³-hybridized carbons (Fsp3) is 0.562. The molecule has 1 rings (SSSR count). The van der Waals surface area contributed by atoms with Crippen LogP contribution in [-0.4, -0.2) is 37.4 Å². The summed E-state index contributed by atoms with van der Waals surface area (Å²) in [5.74, 6) is 0.533. The SMILES string of the molecule is COCC(O)CNC(=O)CC(c1ccccc1)C(C)C. The number of aliphatic hydroxyl groups is 1. The minimum Gasteiger partial charge on any atom is -0.389 e. The molecule has 0 aromatic heterocycles. The largest absolute Gasteiger partial charge is 0.389 e. The van der Waals surface area contributed by atoms with Crippen LogP contribution in [0.5, 0.6) is 0 Å². The van der Waals surface area contributed by atoms with E-state index in [2.05, 4.69) is 31.3 Å². The second-order valence-electron chi connectivity index (χ2n) is 5.38. The summed E-state index contributed by atoms with van der Waals surface area (Å²) in [6, 6.07) is 10.1. The predicted molar refractivity (Wildman–Crippen MR) is 79.5 cm³/mol. The van der Waals surface area contributed by atoms with Crippen LogP contribution in [-0.2, 0) is 9.53 Å². The van der Waals surface area contributed by atoms with Crippen molar-refractivity contribution in [2.24, 2.45) is 5.92 Å². The first-order valence-electron chi connectivity index (χ1n) is 7.03. The highest BCUT2D eigenvalue weighted by molar-refractivity contribution is 5.76. The Morgan fingerprint density at radius 3 is 2.50 bits per heavy atom. The first kappa shape index (κ1) is 16.7. The van der Waals surface area contributed by atoms with Crippen LogP contribution in [0.2, 0.25) is 0 Å². The second-order valence-corrected chi connectivity index (χ2v) is 5.38. The van der Waals surface area contributed by atoms with Gasteiger partial charge in [-0.05, 0) is 17.4 Å². The van der Waals surface area contributed by atoms with E-state index in [9.17, 15) is 9.90 Å². The highest BCUT2D eigenvalue weighted by Crippen LogP contribution is 2.27. The number of rotatable bonds is 8. The van der Waals surface area contributed by atoms with Gasteiger partial charge in [-0.2, -0.15) is 0 Å². The third-order valence-electron chi connectivity index (χ3n) is 3.33. The number of carbonyl (C=O) groups is 1. The molecule has 1 aromatic carbocycles. The minimum absolute atomic E-state index is 0.0392. The third kappa shape index (κ3) is 5.72. The number of ether oxygens (including phenoxy) is 1. The molecule has 20 heavy (non-hydrogen) atoms. The van der Waals surface area contributed by atoms with Gasteiger partial charge in [0.05, 0.1) is 12.7 Å². The van der Waals surface area contributed by atoms with Crippen molar-refractivity contribution in [1.82, 2.24) is 5.32 Å². The van der Waals surface area contributed by atoms with E-state index in [1.54, 1.807) is 0 Å². The molecule has 2 N–H and O–H groups in total. The second kappa shape index (κ2) is 8.72. The zero-order valence-electron chi connectivity index (χ0n) is 12.5. The van der Waals surface area contributed by atoms with Gasteiger partial charge >= 0.3 is 0 Å². The number of nitrogens with one attached hydrogen (secondary N) is 1. The standard InChI is InChI=1S/C16H25NO3/c1-12(2)15(13-7-5-4-6-8-13)9-16(19)17-10-14(18)11-20-3/h4-8,12,14-15,18H,9-11H2,1-3H3,(H,17,19). The fourth-order valence-electron chi connectivity index (χ4n) is 2.19. The maximum atomic E-state index is 12.0. The van der Waals surface area contributed by atoms with Crippen molar-refractivity contribution in [2.75, 3.05) is 20.3 Å². The third-order valence-corrected chi connectivity index (χ3v) is 3.33. The number of hydrogen-bond donors (Lipinski definition) is 2. The van der Waals surface area contributed by atoms with Crippen LogP contribution in [0, 0.1) is 5.92 Å². The Labute approximate surface area is 121 Å². The molecule has 0 aliphatic carbocycles. The van der Waals surface area contributed by atoms with Crippen LogP contribution >= 0.6 is 0 Å². The van der Waals surface area contributed by atoms with Gasteiger partial charge in [-0.1, -0.05) is 44.2 Å². The number of benzene rings is 1. The summed E-state index contributed by atoms with van der Waals surface area (Å²) in [5.41, 5.74) is 1.18. The van der Waals surface area contributed by atoms with Crippen LogP contribution in [0.25, 0.3) is 0 Å². The smallest absolute Gasteiger partial charge is 0.220 e. The number of aliphatic hydroxyl groups excluding tert-OH is 1. The van der Waals surface area contributed by atoms with Gasteiger partial charge in [0.2, 0.25) is 5.91 Å². The van der Waals surface area contributed by atoms with Crippen molar-refractivity contribution in [3.8, 4) is 0 Å². The lowest BCUT2D eigenvalue weighted by Crippen LogP contribution is -2.35. The van der Waals surface area contributed by atoms with Gasteiger partial charge < -0.3 is 15.2 Å². The average Bonchev–Trinajstić information content (AvgIpc) is 2.43. The molecule has 0 spiro atoms. The lowest BCUT2D eigenvalue weighted by atomic mass is 9.85. The monoisotopic (exact) mass is 279 g/mol. The molecule has 4 nitrogen and oxygen atoms in total. The van der Waals surface area contributed by atoms with Crippen molar-refractivity contribution in [3.05, 3.63) is 35.9 Å². The minimum atomic E-state index is -0.654. The van der Waals surface area contributed by atoms with Crippen molar-refractivity contribution in [1.29, 1.82) is 0 Å². The quantitative estimate of drug-likeness (QED) is 0.764. The van der Waals surface area contributed by atoms with Crippen LogP contribution in [0.3, 0.4) is 0 Å². The predicted octanol–water partition coefficient (Wildman–Crippen LogP) is 1.94. The van der Waals surface area contributed by atoms with Gasteiger partial charge in [-0.25, -0.2) is 0 Å². The molecule has 0 fully saturated rings. The maximum Gasteiger partial charge on any atom is 0.220 e. The summed E-state index contributed by atoms with van der Waals surface area (Å²) >= 11 is 0. The van der Waals surface area contributed by atoms with Gasteiger partial charge in [-0.3, -0.25) is 4.79 Å². The normalized spacial score (nSPS) is 14.1. The summed E-state index contributed by atoms with van der Waals surface area (Å²) < 4.78 is 4.82. The topological polar surface area (TPSA) is 58.6 Å². The number of hydrogen-bond acceptors (Lipinski definition) is 3. The fourth-order valence-corrected chi connectivity index (χ4v) is 2.19. The highest BCUT2D eigenvalue weighted by Gasteiger charge is 2.19. The van der Waals surface area contributed by atoms with Crippen LogP contribution < -0.4 is 5.32 Å². The van der Waals surface area contributed by atoms with Crippen molar-refractivity contribution in [2.45, 2.75) is 32.3 Å². The molecule has 2 unspecified atom stereocenters. The Hall–Kier alpha value is -1.39. The molecule has 0 aliphatic heterocycles. The first-order chi connectivity index (χ1) is 9.54. The Morgan fingerprint density at radius 2 is 1.95 bits per heavy atom. The molecule has 4 heteroatoms. The molecular weight excluding hydrogens is 254 g/mol. The molecule has 0 heterocycles. The number of amides is 1. The van der Waals surface area contributed by atoms with Crippen LogP contribution in [0.15, 0.2) is 30.3 Å². The van der Waals surface area contributed by atoms with E-state index in [0.717, 1.165) is 0 Å². The number of carbonyl (C=O) groups excluding carboxylic acids is 1. The maximum absolute atomic E-state index is 12.0. The van der Waals surface area contributed by atoms with Gasteiger partial charge in [-0.15, -0.1) is 0 Å². The Bertz CT molecular complexity index is 392. The zero-order chi connectivity index (χ0) is 15.0. The summed E-state index contributed by atoms with van der Waals surface area (Å²) in [4.78, 5) is 12.0. The summed E-state index contributed by atoms with van der Waals surface area (Å²) in [6.45, 7) is 4.69. The molecule has 0 saturated heterocycles. The molecule has 1 aromatic rings. The average molecular weight is 279 g/mol. The van der Waals surface area contributed by atoms with E-state index in [1.807, 2.05) is 18.2 Å². The van der Waals surface area contributed by atoms with Gasteiger partial charge in [0.15, 0.2) is 0 Å². The lowest BCUT2D eigenvalue weighted by Gasteiger charge is -2.21. The summed E-state index contributed by atoms with van der Waals surface area (Å²) in [6.07, 6.45) is -0.223. The molecule has 1 amide bonds. The number of methoxy groups -OCH3 is 1. The van der Waals surface area contributed by atoms with Crippen molar-refractivity contribution in [3.63, 3.8) is 0 Å². The van der Waals surface area contributed by atoms with Gasteiger partial charge in [0, 0.05) is 20.1 Å². The van der Waals surface area contributed by atoms with E-state index in [-0.39, 0.29) is 25.0 Å². The molecule has 0 radical (unpaired) electrons.